The number of hydrogen-bond donors (Lipinski definition) is 0. The van der Waals surface area contributed by atoms with Gasteiger partial charge < -0.3 is 0 Å². The third-order valence-corrected chi connectivity index (χ3v) is 4.19. The fraction of sp³-hybridized carbons (Fsp3) is 0.300. The van der Waals surface area contributed by atoms with Crippen LogP contribution in [0.4, 0.5) is 0 Å². The zero-order chi connectivity index (χ0) is 13.6. The summed E-state index contributed by atoms with van der Waals surface area (Å²) in [6.45, 7) is 0. The van der Waals surface area contributed by atoms with E-state index in [4.69, 9.17) is 0 Å². The van der Waals surface area contributed by atoms with Gasteiger partial charge in [0.15, 0.2) is 0 Å². The first-order valence-corrected chi connectivity index (χ1v) is 7.75. The van der Waals surface area contributed by atoms with Gasteiger partial charge in [0.1, 0.15) is 0 Å². The summed E-state index contributed by atoms with van der Waals surface area (Å²) >= 11 is 0. The fourth-order valence-corrected chi connectivity index (χ4v) is 3.05. The molecule has 4 rings (SSSR count). The molecule has 2 aliphatic rings. The highest BCUT2D eigenvalue weighted by molar-refractivity contribution is 5.55. The van der Waals surface area contributed by atoms with Crippen molar-refractivity contribution in [1.29, 1.82) is 0 Å². The first-order valence-electron chi connectivity index (χ1n) is 7.75. The van der Waals surface area contributed by atoms with Crippen LogP contribution < -0.4 is 0 Å². The number of hydrogen-bond acceptors (Lipinski definition) is 0. The zero-order valence-corrected chi connectivity index (χ0v) is 12.0. The van der Waals surface area contributed by atoms with Crippen LogP contribution in [0.25, 0.3) is 6.08 Å². The van der Waals surface area contributed by atoms with Gasteiger partial charge in [-0.1, -0.05) is 60.7 Å². The Balaban J connectivity index is 0.000000121. The van der Waals surface area contributed by atoms with Crippen LogP contribution in [-0.2, 0) is 19.3 Å². The van der Waals surface area contributed by atoms with Crippen LogP contribution in [0.15, 0.2) is 54.6 Å². The Bertz CT molecular complexity index is 567. The minimum atomic E-state index is 1.21. The summed E-state index contributed by atoms with van der Waals surface area (Å²) in [6.07, 6.45) is 12.2. The highest BCUT2D eigenvalue weighted by Gasteiger charge is 2.06. The molecule has 2 aromatic carbocycles. The first-order chi connectivity index (χ1) is 9.93. The number of rotatable bonds is 0. The molecule has 0 aliphatic heterocycles. The predicted octanol–water partition coefficient (Wildman–Crippen LogP) is 5.21. The summed E-state index contributed by atoms with van der Waals surface area (Å²) < 4.78 is 0. The van der Waals surface area contributed by atoms with Crippen LogP contribution in [0.5, 0.6) is 0 Å². The van der Waals surface area contributed by atoms with Gasteiger partial charge in [0.2, 0.25) is 0 Å². The van der Waals surface area contributed by atoms with Gasteiger partial charge in [0, 0.05) is 0 Å². The van der Waals surface area contributed by atoms with E-state index in [0.717, 1.165) is 0 Å². The Morgan fingerprint density at radius 3 is 1.85 bits per heavy atom. The summed E-state index contributed by atoms with van der Waals surface area (Å²) in [6, 6.07) is 17.4. The first kappa shape index (κ1) is 13.2. The van der Waals surface area contributed by atoms with Gasteiger partial charge in [-0.25, -0.2) is 0 Å². The maximum Gasteiger partial charge on any atom is -0.0228 e. The minimum absolute atomic E-state index is 1.21. The summed E-state index contributed by atoms with van der Waals surface area (Å²) in [5.74, 6) is 0. The molecule has 0 amide bonds. The molecule has 20 heavy (non-hydrogen) atoms. The second kappa shape index (κ2) is 6.56. The third-order valence-electron chi connectivity index (χ3n) is 4.19. The smallest absolute Gasteiger partial charge is 0.0228 e. The van der Waals surface area contributed by atoms with E-state index in [1.807, 2.05) is 0 Å². The predicted molar refractivity (Wildman–Crippen MR) is 86.9 cm³/mol. The molecule has 0 atom stereocenters. The lowest BCUT2D eigenvalue weighted by atomic mass is 9.92. The standard InChI is InChI=1S/C10H12.C10H10/c2*1-2-6-10-8-4-3-7-9(10)5-1/h1-2,5-6H,3-4,7-8H2;1-3,5-7H,4,8H2. The van der Waals surface area contributed by atoms with Gasteiger partial charge in [0.25, 0.3) is 0 Å². The number of fused-ring (bicyclic) bond motifs is 2. The summed E-state index contributed by atoms with van der Waals surface area (Å²) in [4.78, 5) is 0. The second-order valence-electron chi connectivity index (χ2n) is 5.62. The van der Waals surface area contributed by atoms with Crippen molar-refractivity contribution < 1.29 is 0 Å². The van der Waals surface area contributed by atoms with Crippen molar-refractivity contribution in [1.82, 2.24) is 0 Å². The van der Waals surface area contributed by atoms with Crippen LogP contribution in [0.2, 0.25) is 0 Å². The SMILES string of the molecule is C1=Cc2ccccc2CC1.c1ccc2c(c1)CCCC2. The van der Waals surface area contributed by atoms with Crippen molar-refractivity contribution in [2.75, 3.05) is 0 Å². The number of benzene rings is 2. The minimum Gasteiger partial charge on any atom is -0.0836 e. The maximum atomic E-state index is 2.26. The lowest BCUT2D eigenvalue weighted by Gasteiger charge is -2.13. The van der Waals surface area contributed by atoms with Gasteiger partial charge in [-0.15, -0.1) is 0 Å². The molecule has 0 radical (unpaired) electrons. The van der Waals surface area contributed by atoms with Crippen molar-refractivity contribution in [2.45, 2.75) is 38.5 Å². The van der Waals surface area contributed by atoms with E-state index in [1.54, 1.807) is 11.1 Å². The molecule has 0 bridgehead atoms. The monoisotopic (exact) mass is 262 g/mol. The lowest BCUT2D eigenvalue weighted by molar-refractivity contribution is 0.685. The quantitative estimate of drug-likeness (QED) is 0.611. The Kier molecular flexibility index (Phi) is 4.32. The molecule has 102 valence electrons. The number of aryl methyl sites for hydroxylation is 3. The van der Waals surface area contributed by atoms with Crippen molar-refractivity contribution in [3.8, 4) is 0 Å². The van der Waals surface area contributed by atoms with Crippen LogP contribution >= 0.6 is 0 Å². The normalized spacial score (nSPS) is 15.6. The molecule has 0 nitrogen and oxygen atoms in total. The van der Waals surface area contributed by atoms with E-state index in [0.29, 0.717) is 0 Å². The highest BCUT2D eigenvalue weighted by Crippen LogP contribution is 2.20. The van der Waals surface area contributed by atoms with Gasteiger partial charge in [-0.3, -0.25) is 0 Å². The van der Waals surface area contributed by atoms with Crippen LogP contribution in [0.1, 0.15) is 41.5 Å². The second-order valence-corrected chi connectivity index (χ2v) is 5.62. The molecule has 0 spiro atoms. The van der Waals surface area contributed by atoms with E-state index >= 15 is 0 Å². The topological polar surface area (TPSA) is 0 Å². The molecule has 0 fully saturated rings. The average Bonchev–Trinajstić information content (AvgIpc) is 2.56. The highest BCUT2D eigenvalue weighted by atomic mass is 14.1. The van der Waals surface area contributed by atoms with Crippen LogP contribution in [0.3, 0.4) is 0 Å². The van der Waals surface area contributed by atoms with Crippen molar-refractivity contribution >= 4 is 6.08 Å². The molecule has 0 heterocycles. The molecule has 2 aromatic rings. The Morgan fingerprint density at radius 1 is 0.600 bits per heavy atom. The van der Waals surface area contributed by atoms with E-state index in [2.05, 4.69) is 60.7 Å². The fourth-order valence-electron chi connectivity index (χ4n) is 3.05. The Hall–Kier alpha value is -1.82. The molecule has 0 aromatic heterocycles. The Labute approximate surface area is 122 Å². The van der Waals surface area contributed by atoms with Crippen molar-refractivity contribution in [2.24, 2.45) is 0 Å². The zero-order valence-electron chi connectivity index (χ0n) is 12.0. The Morgan fingerprint density at radius 2 is 1.20 bits per heavy atom. The average molecular weight is 262 g/mol. The third kappa shape index (κ3) is 3.19. The van der Waals surface area contributed by atoms with Gasteiger partial charge in [-0.2, -0.15) is 0 Å². The largest absolute Gasteiger partial charge is 0.0836 e. The van der Waals surface area contributed by atoms with Gasteiger partial charge in [-0.05, 0) is 60.8 Å². The van der Waals surface area contributed by atoms with E-state index in [9.17, 15) is 0 Å². The van der Waals surface area contributed by atoms with E-state index < -0.39 is 0 Å². The molecule has 2 aliphatic carbocycles. The van der Waals surface area contributed by atoms with Gasteiger partial charge >= 0.3 is 0 Å². The molecule has 0 N–H and O–H groups in total. The van der Waals surface area contributed by atoms with Crippen molar-refractivity contribution in [3.63, 3.8) is 0 Å². The molecular formula is C20H22. The van der Waals surface area contributed by atoms with E-state index in [1.165, 1.54) is 49.7 Å². The summed E-state index contributed by atoms with van der Waals surface area (Å²) in [5, 5.41) is 0. The molecule has 0 unspecified atom stereocenters. The van der Waals surface area contributed by atoms with Crippen LogP contribution in [-0.4, -0.2) is 0 Å². The van der Waals surface area contributed by atoms with Gasteiger partial charge in [0.05, 0.1) is 0 Å². The summed E-state index contributed by atoms with van der Waals surface area (Å²) in [7, 11) is 0. The molecule has 0 heteroatoms. The number of allylic oxidation sites excluding steroid dienone is 1. The lowest BCUT2D eigenvalue weighted by Crippen LogP contribution is -2.00. The molecule has 0 saturated heterocycles. The van der Waals surface area contributed by atoms with Crippen molar-refractivity contribution in [3.05, 3.63) is 76.9 Å². The summed E-state index contributed by atoms with van der Waals surface area (Å²) in [5.41, 5.74) is 6.04. The molecule has 0 saturated carbocycles. The van der Waals surface area contributed by atoms with E-state index in [-0.39, 0.29) is 0 Å². The van der Waals surface area contributed by atoms with Crippen LogP contribution in [0, 0.1) is 0 Å². The molecular weight excluding hydrogens is 240 g/mol. The maximum absolute atomic E-state index is 2.26.